The minimum atomic E-state index is -0.796. The maximum Gasteiger partial charge on any atom is 0.330 e. The van der Waals surface area contributed by atoms with Crippen LogP contribution in [0, 0.1) is 6.92 Å². The highest BCUT2D eigenvalue weighted by Gasteiger charge is 2.40. The lowest BCUT2D eigenvalue weighted by Gasteiger charge is -2.22. The van der Waals surface area contributed by atoms with E-state index in [2.05, 4.69) is 4.98 Å². The highest BCUT2D eigenvalue weighted by Crippen LogP contribution is 2.33. The van der Waals surface area contributed by atoms with Gasteiger partial charge in [-0.05, 0) is 18.1 Å². The van der Waals surface area contributed by atoms with Crippen molar-refractivity contribution < 1.29 is 19.4 Å². The Bertz CT molecular complexity index is 1150. The van der Waals surface area contributed by atoms with Crippen molar-refractivity contribution in [1.82, 2.24) is 9.55 Å². The molecule has 1 aromatic heterocycles. The molecule has 0 radical (unpaired) electrons. The minimum absolute atomic E-state index is 0.165. The van der Waals surface area contributed by atoms with Crippen LogP contribution in [0.4, 0.5) is 0 Å². The highest BCUT2D eigenvalue weighted by molar-refractivity contribution is 5.82. The molecule has 1 saturated heterocycles. The zero-order valence-electron chi connectivity index (χ0n) is 17.5. The molecule has 1 fully saturated rings. The molecule has 4 rings (SSSR count). The van der Waals surface area contributed by atoms with Crippen LogP contribution in [0.25, 0.3) is 0 Å². The topological polar surface area (TPSA) is 111 Å². The zero-order chi connectivity index (χ0) is 22.7. The highest BCUT2D eigenvalue weighted by atomic mass is 16.6. The number of aromatic amines is 1. The van der Waals surface area contributed by atoms with Gasteiger partial charge in [0, 0.05) is 18.2 Å². The predicted octanol–water partition coefficient (Wildman–Crippen LogP) is 1.87. The van der Waals surface area contributed by atoms with Gasteiger partial charge in [-0.1, -0.05) is 60.7 Å². The summed E-state index contributed by atoms with van der Waals surface area (Å²) in [6.45, 7) is 1.20. The average molecular weight is 436 g/mol. The van der Waals surface area contributed by atoms with Gasteiger partial charge in [-0.3, -0.25) is 19.1 Å². The summed E-state index contributed by atoms with van der Waals surface area (Å²) in [5.74, 6) is -1.12. The van der Waals surface area contributed by atoms with E-state index >= 15 is 0 Å². The first-order valence-corrected chi connectivity index (χ1v) is 10.4. The summed E-state index contributed by atoms with van der Waals surface area (Å²) in [4.78, 5) is 39.4. The van der Waals surface area contributed by atoms with Crippen LogP contribution in [-0.2, 0) is 14.3 Å². The molecule has 0 spiro atoms. The van der Waals surface area contributed by atoms with Crippen molar-refractivity contribution in [3.05, 3.63) is 104 Å². The standard InChI is InChI=1S/C24H24N2O6/c1-15-13-26(24(30)25-22(15)28)20-12-18(19(14-27)31-20)32-23(29)21(16-8-4-2-5-9-16)17-10-6-3-7-11-17/h2-11,13,18-21,27H,12,14H2,1H3,(H,25,28,30). The average Bonchev–Trinajstić information content (AvgIpc) is 3.20. The number of aliphatic hydroxyl groups is 1. The van der Waals surface area contributed by atoms with Crippen LogP contribution in [0.5, 0.6) is 0 Å². The van der Waals surface area contributed by atoms with Crippen LogP contribution >= 0.6 is 0 Å². The number of aromatic nitrogens is 2. The molecular weight excluding hydrogens is 412 g/mol. The second kappa shape index (κ2) is 9.33. The number of nitrogens with zero attached hydrogens (tertiary/aromatic N) is 1. The van der Waals surface area contributed by atoms with E-state index in [4.69, 9.17) is 9.47 Å². The summed E-state index contributed by atoms with van der Waals surface area (Å²) in [6.07, 6.45) is -0.762. The summed E-state index contributed by atoms with van der Waals surface area (Å²) < 4.78 is 12.9. The third-order valence-corrected chi connectivity index (χ3v) is 5.59. The number of aliphatic hydroxyl groups excluding tert-OH is 1. The Morgan fingerprint density at radius 1 is 1.12 bits per heavy atom. The number of hydrogen-bond acceptors (Lipinski definition) is 6. The van der Waals surface area contributed by atoms with E-state index in [-0.39, 0.29) is 13.0 Å². The molecule has 8 heteroatoms. The predicted molar refractivity (Wildman–Crippen MR) is 116 cm³/mol. The molecule has 0 amide bonds. The molecule has 0 saturated carbocycles. The number of esters is 1. The van der Waals surface area contributed by atoms with Crippen molar-refractivity contribution >= 4 is 5.97 Å². The van der Waals surface area contributed by atoms with E-state index in [1.807, 2.05) is 60.7 Å². The maximum atomic E-state index is 13.3. The van der Waals surface area contributed by atoms with Gasteiger partial charge < -0.3 is 14.6 Å². The molecule has 3 atom stereocenters. The number of carbonyl (C=O) groups excluding carboxylic acids is 1. The third kappa shape index (κ3) is 4.42. The molecule has 8 nitrogen and oxygen atoms in total. The molecule has 0 aliphatic carbocycles. The first-order chi connectivity index (χ1) is 15.5. The number of aryl methyl sites for hydroxylation is 1. The zero-order valence-corrected chi connectivity index (χ0v) is 17.5. The van der Waals surface area contributed by atoms with Crippen LogP contribution in [0.3, 0.4) is 0 Å². The lowest BCUT2D eigenvalue weighted by atomic mass is 9.91. The fourth-order valence-corrected chi connectivity index (χ4v) is 3.93. The smallest absolute Gasteiger partial charge is 0.330 e. The second-order valence-corrected chi connectivity index (χ2v) is 7.76. The summed E-state index contributed by atoms with van der Waals surface area (Å²) >= 11 is 0. The van der Waals surface area contributed by atoms with Crippen molar-refractivity contribution in [3.63, 3.8) is 0 Å². The summed E-state index contributed by atoms with van der Waals surface area (Å²) in [7, 11) is 0. The Balaban J connectivity index is 1.59. The van der Waals surface area contributed by atoms with Gasteiger partial charge in [0.25, 0.3) is 5.56 Å². The Kier molecular flexibility index (Phi) is 6.34. The van der Waals surface area contributed by atoms with E-state index in [1.165, 1.54) is 10.8 Å². The molecule has 166 valence electrons. The lowest BCUT2D eigenvalue weighted by molar-refractivity contribution is -0.153. The van der Waals surface area contributed by atoms with Crippen molar-refractivity contribution in [2.24, 2.45) is 0 Å². The van der Waals surface area contributed by atoms with Gasteiger partial charge >= 0.3 is 11.7 Å². The fraction of sp³-hybridized carbons (Fsp3) is 0.292. The summed E-state index contributed by atoms with van der Waals surface area (Å²) in [5.41, 5.74) is 0.821. The normalized spacial score (nSPS) is 20.4. The molecular formula is C24H24N2O6. The molecule has 2 heterocycles. The van der Waals surface area contributed by atoms with E-state index in [9.17, 15) is 19.5 Å². The quantitative estimate of drug-likeness (QED) is 0.571. The van der Waals surface area contributed by atoms with Crippen LogP contribution in [0.2, 0.25) is 0 Å². The summed E-state index contributed by atoms with van der Waals surface area (Å²) in [5, 5.41) is 9.79. The lowest BCUT2D eigenvalue weighted by Crippen LogP contribution is -2.33. The third-order valence-electron chi connectivity index (χ3n) is 5.59. The minimum Gasteiger partial charge on any atom is -0.459 e. The molecule has 2 N–H and O–H groups in total. The number of ether oxygens (including phenoxy) is 2. The number of benzene rings is 2. The Morgan fingerprint density at radius 3 is 2.28 bits per heavy atom. The van der Waals surface area contributed by atoms with Gasteiger partial charge in [-0.15, -0.1) is 0 Å². The van der Waals surface area contributed by atoms with Gasteiger partial charge in [-0.25, -0.2) is 4.79 Å². The number of hydrogen-bond donors (Lipinski definition) is 2. The van der Waals surface area contributed by atoms with Crippen molar-refractivity contribution in [2.75, 3.05) is 6.61 Å². The Hall–Kier alpha value is -3.49. The van der Waals surface area contributed by atoms with Crippen LogP contribution in [-0.4, -0.2) is 39.4 Å². The second-order valence-electron chi connectivity index (χ2n) is 7.76. The first kappa shape index (κ1) is 21.7. The Morgan fingerprint density at radius 2 is 1.72 bits per heavy atom. The van der Waals surface area contributed by atoms with Gasteiger partial charge in [0.2, 0.25) is 0 Å². The fourth-order valence-electron chi connectivity index (χ4n) is 3.93. The van der Waals surface area contributed by atoms with E-state index < -0.39 is 41.6 Å². The van der Waals surface area contributed by atoms with Gasteiger partial charge in [0.15, 0.2) is 0 Å². The molecule has 0 bridgehead atoms. The largest absolute Gasteiger partial charge is 0.459 e. The number of carbonyl (C=O) groups is 1. The molecule has 2 aromatic carbocycles. The maximum absolute atomic E-state index is 13.3. The molecule has 1 aliphatic rings. The monoisotopic (exact) mass is 436 g/mol. The van der Waals surface area contributed by atoms with Crippen LogP contribution < -0.4 is 11.2 Å². The van der Waals surface area contributed by atoms with E-state index in [0.717, 1.165) is 11.1 Å². The van der Waals surface area contributed by atoms with Crippen molar-refractivity contribution in [3.8, 4) is 0 Å². The van der Waals surface area contributed by atoms with Crippen molar-refractivity contribution in [1.29, 1.82) is 0 Å². The van der Waals surface area contributed by atoms with Crippen molar-refractivity contribution in [2.45, 2.75) is 37.7 Å². The number of rotatable bonds is 6. The van der Waals surface area contributed by atoms with Crippen LogP contribution in [0.1, 0.15) is 35.3 Å². The van der Waals surface area contributed by atoms with Gasteiger partial charge in [0.05, 0.1) is 6.61 Å². The molecule has 1 aliphatic heterocycles. The Labute approximate surface area is 184 Å². The molecule has 3 unspecified atom stereocenters. The van der Waals surface area contributed by atoms with E-state index in [1.54, 1.807) is 6.92 Å². The first-order valence-electron chi connectivity index (χ1n) is 10.4. The van der Waals surface area contributed by atoms with Gasteiger partial charge in [0.1, 0.15) is 24.4 Å². The summed E-state index contributed by atoms with van der Waals surface area (Å²) in [6, 6.07) is 18.6. The SMILES string of the molecule is Cc1cn(C2CC(OC(=O)C(c3ccccc3)c3ccccc3)C(CO)O2)c(=O)[nH]c1=O. The molecule has 32 heavy (non-hydrogen) atoms. The van der Waals surface area contributed by atoms with Gasteiger partial charge in [-0.2, -0.15) is 0 Å². The van der Waals surface area contributed by atoms with Crippen LogP contribution in [0.15, 0.2) is 76.4 Å². The molecule has 3 aromatic rings. The number of H-pyrrole nitrogens is 1. The van der Waals surface area contributed by atoms with E-state index in [0.29, 0.717) is 5.56 Å². The number of nitrogens with one attached hydrogen (secondary N) is 1.